The van der Waals surface area contributed by atoms with Crippen LogP contribution in [-0.2, 0) is 0 Å². The SMILES string of the molecule is CC(C)Oc1cc(-c2cncc(-c3cn[nH]c3C3CC3)c2)ccc1C(N)=O. The zero-order valence-corrected chi connectivity index (χ0v) is 15.4. The number of primary amides is 1. The summed E-state index contributed by atoms with van der Waals surface area (Å²) < 4.78 is 5.79. The highest BCUT2D eigenvalue weighted by atomic mass is 16.5. The van der Waals surface area contributed by atoms with Crippen molar-refractivity contribution in [3.8, 4) is 28.0 Å². The third kappa shape index (κ3) is 3.56. The summed E-state index contributed by atoms with van der Waals surface area (Å²) in [6.45, 7) is 3.83. The molecule has 138 valence electrons. The molecule has 0 unspecified atom stereocenters. The fraction of sp³-hybridized carbons (Fsp3) is 0.286. The van der Waals surface area contributed by atoms with Crippen LogP contribution in [0.2, 0.25) is 0 Å². The number of rotatable bonds is 6. The molecule has 4 rings (SSSR count). The Bertz CT molecular complexity index is 989. The van der Waals surface area contributed by atoms with Crippen molar-refractivity contribution in [1.82, 2.24) is 15.2 Å². The number of benzene rings is 1. The van der Waals surface area contributed by atoms with Crippen LogP contribution in [0, 0.1) is 0 Å². The molecule has 2 aromatic heterocycles. The Labute approximate surface area is 157 Å². The molecule has 2 heterocycles. The lowest BCUT2D eigenvalue weighted by atomic mass is 10.00. The van der Waals surface area contributed by atoms with Crippen molar-refractivity contribution >= 4 is 5.91 Å². The van der Waals surface area contributed by atoms with E-state index in [1.807, 2.05) is 38.4 Å². The zero-order chi connectivity index (χ0) is 19.0. The number of hydrogen-bond acceptors (Lipinski definition) is 4. The van der Waals surface area contributed by atoms with E-state index in [0.717, 1.165) is 22.3 Å². The summed E-state index contributed by atoms with van der Waals surface area (Å²) in [5.74, 6) is 0.561. The van der Waals surface area contributed by atoms with Gasteiger partial charge in [0.1, 0.15) is 5.75 Å². The predicted octanol–water partition coefficient (Wildman–Crippen LogP) is 3.90. The number of nitrogens with two attached hydrogens (primary N) is 1. The highest BCUT2D eigenvalue weighted by Gasteiger charge is 2.28. The maximum absolute atomic E-state index is 11.7. The van der Waals surface area contributed by atoms with Crippen molar-refractivity contribution < 1.29 is 9.53 Å². The Morgan fingerprint density at radius 3 is 2.63 bits per heavy atom. The quantitative estimate of drug-likeness (QED) is 0.695. The third-order valence-electron chi connectivity index (χ3n) is 4.65. The number of nitrogens with zero attached hydrogens (tertiary/aromatic N) is 2. The molecule has 3 N–H and O–H groups in total. The molecule has 0 atom stereocenters. The molecule has 0 bridgehead atoms. The average Bonchev–Trinajstić information content (AvgIpc) is 3.37. The normalized spacial score (nSPS) is 13.7. The summed E-state index contributed by atoms with van der Waals surface area (Å²) >= 11 is 0. The Balaban J connectivity index is 1.73. The number of pyridine rings is 1. The molecular formula is C21H22N4O2. The highest BCUT2D eigenvalue weighted by molar-refractivity contribution is 5.96. The van der Waals surface area contributed by atoms with Gasteiger partial charge in [-0.25, -0.2) is 0 Å². The largest absolute Gasteiger partial charge is 0.490 e. The molecule has 6 heteroatoms. The van der Waals surface area contributed by atoms with Crippen LogP contribution in [0.1, 0.15) is 48.7 Å². The monoisotopic (exact) mass is 362 g/mol. The maximum Gasteiger partial charge on any atom is 0.252 e. The fourth-order valence-corrected chi connectivity index (χ4v) is 3.21. The number of carbonyl (C=O) groups excluding carboxylic acids is 1. The van der Waals surface area contributed by atoms with Crippen molar-refractivity contribution in [2.24, 2.45) is 5.73 Å². The third-order valence-corrected chi connectivity index (χ3v) is 4.65. The summed E-state index contributed by atoms with van der Waals surface area (Å²) in [6.07, 6.45) is 7.86. The first kappa shape index (κ1) is 17.3. The predicted molar refractivity (Wildman–Crippen MR) is 104 cm³/mol. The first-order valence-electron chi connectivity index (χ1n) is 9.12. The number of hydrogen-bond donors (Lipinski definition) is 2. The molecule has 0 radical (unpaired) electrons. The van der Waals surface area contributed by atoms with E-state index in [-0.39, 0.29) is 6.10 Å². The summed E-state index contributed by atoms with van der Waals surface area (Å²) in [5.41, 5.74) is 11.0. The van der Waals surface area contributed by atoms with Crippen LogP contribution < -0.4 is 10.5 Å². The molecule has 0 aliphatic heterocycles. The molecule has 3 aromatic rings. The van der Waals surface area contributed by atoms with Crippen LogP contribution in [0.5, 0.6) is 5.75 Å². The van der Waals surface area contributed by atoms with Gasteiger partial charge >= 0.3 is 0 Å². The minimum Gasteiger partial charge on any atom is -0.490 e. The minimum atomic E-state index is -0.503. The molecule has 1 saturated carbocycles. The van der Waals surface area contributed by atoms with Crippen LogP contribution in [0.3, 0.4) is 0 Å². The second kappa shape index (κ2) is 6.87. The maximum atomic E-state index is 11.7. The van der Waals surface area contributed by atoms with Gasteiger partial charge in [0.25, 0.3) is 5.91 Å². The van der Waals surface area contributed by atoms with Crippen LogP contribution in [-0.4, -0.2) is 27.2 Å². The highest BCUT2D eigenvalue weighted by Crippen LogP contribution is 2.43. The second-order valence-electron chi connectivity index (χ2n) is 7.18. The van der Waals surface area contributed by atoms with Gasteiger partial charge in [0.15, 0.2) is 0 Å². The average molecular weight is 362 g/mol. The molecule has 27 heavy (non-hydrogen) atoms. The smallest absolute Gasteiger partial charge is 0.252 e. The first-order valence-corrected chi connectivity index (χ1v) is 9.12. The van der Waals surface area contributed by atoms with Gasteiger partial charge in [-0.15, -0.1) is 0 Å². The van der Waals surface area contributed by atoms with E-state index in [4.69, 9.17) is 10.5 Å². The van der Waals surface area contributed by atoms with Crippen LogP contribution in [0.4, 0.5) is 0 Å². The molecule has 1 amide bonds. The topological polar surface area (TPSA) is 93.9 Å². The number of H-pyrrole nitrogens is 1. The van der Waals surface area contributed by atoms with Crippen molar-refractivity contribution in [3.05, 3.63) is 54.1 Å². The molecule has 1 aliphatic rings. The van der Waals surface area contributed by atoms with Crippen molar-refractivity contribution in [1.29, 1.82) is 0 Å². The van der Waals surface area contributed by atoms with E-state index in [1.54, 1.807) is 12.3 Å². The molecule has 1 aliphatic carbocycles. The number of nitrogens with one attached hydrogen (secondary N) is 1. The van der Waals surface area contributed by atoms with E-state index < -0.39 is 5.91 Å². The first-order chi connectivity index (χ1) is 13.0. The Kier molecular flexibility index (Phi) is 4.39. The lowest BCUT2D eigenvalue weighted by Gasteiger charge is -2.14. The molecule has 0 saturated heterocycles. The molecule has 6 nitrogen and oxygen atoms in total. The molecular weight excluding hydrogens is 340 g/mol. The second-order valence-corrected chi connectivity index (χ2v) is 7.18. The van der Waals surface area contributed by atoms with Gasteiger partial charge in [0.05, 0.1) is 17.9 Å². The van der Waals surface area contributed by atoms with E-state index >= 15 is 0 Å². The number of carbonyl (C=O) groups is 1. The lowest BCUT2D eigenvalue weighted by Crippen LogP contribution is -2.15. The van der Waals surface area contributed by atoms with E-state index in [9.17, 15) is 4.79 Å². The summed E-state index contributed by atoms with van der Waals surface area (Å²) in [5, 5.41) is 7.34. The van der Waals surface area contributed by atoms with E-state index in [2.05, 4.69) is 21.2 Å². The van der Waals surface area contributed by atoms with Gasteiger partial charge in [-0.2, -0.15) is 5.10 Å². The lowest BCUT2D eigenvalue weighted by molar-refractivity contribution is 0.0994. The molecule has 1 fully saturated rings. The van der Waals surface area contributed by atoms with Crippen molar-refractivity contribution in [3.63, 3.8) is 0 Å². The minimum absolute atomic E-state index is 0.0603. The van der Waals surface area contributed by atoms with Gasteiger partial charge in [-0.1, -0.05) is 6.07 Å². The number of amides is 1. The Morgan fingerprint density at radius 2 is 1.93 bits per heavy atom. The fourth-order valence-electron chi connectivity index (χ4n) is 3.21. The van der Waals surface area contributed by atoms with E-state index in [1.165, 1.54) is 18.5 Å². The standard InChI is InChI=1S/C21H22N4O2/c1-12(2)27-19-8-14(5-6-17(19)21(22)26)15-7-16(10-23-9-15)18-11-24-25-20(18)13-3-4-13/h5-13H,3-4H2,1-2H3,(H2,22,26)(H,24,25). The van der Waals surface area contributed by atoms with Gasteiger partial charge in [-0.3, -0.25) is 14.9 Å². The van der Waals surface area contributed by atoms with Crippen LogP contribution in [0.15, 0.2) is 42.9 Å². The molecule has 0 spiro atoms. The van der Waals surface area contributed by atoms with Crippen molar-refractivity contribution in [2.75, 3.05) is 0 Å². The number of aromatic nitrogens is 3. The zero-order valence-electron chi connectivity index (χ0n) is 15.4. The van der Waals surface area contributed by atoms with Gasteiger partial charge < -0.3 is 10.5 Å². The number of aromatic amines is 1. The van der Waals surface area contributed by atoms with Crippen LogP contribution >= 0.6 is 0 Å². The summed E-state index contributed by atoms with van der Waals surface area (Å²) in [7, 11) is 0. The number of ether oxygens (including phenoxy) is 1. The van der Waals surface area contributed by atoms with Gasteiger partial charge in [0.2, 0.25) is 0 Å². The molecule has 1 aromatic carbocycles. The summed E-state index contributed by atoms with van der Waals surface area (Å²) in [6, 6.07) is 7.50. The Morgan fingerprint density at radius 1 is 1.15 bits per heavy atom. The van der Waals surface area contributed by atoms with E-state index in [0.29, 0.717) is 17.2 Å². The van der Waals surface area contributed by atoms with Crippen molar-refractivity contribution in [2.45, 2.75) is 38.7 Å². The summed E-state index contributed by atoms with van der Waals surface area (Å²) in [4.78, 5) is 16.1. The van der Waals surface area contributed by atoms with Gasteiger partial charge in [0, 0.05) is 40.7 Å². The van der Waals surface area contributed by atoms with Crippen LogP contribution in [0.25, 0.3) is 22.3 Å². The van der Waals surface area contributed by atoms with Gasteiger partial charge in [-0.05, 0) is 50.5 Å². The Hall–Kier alpha value is -3.15.